The number of pyridine rings is 1. The molecule has 2 N–H and O–H groups in total. The Balaban J connectivity index is 3.03. The van der Waals surface area contributed by atoms with Crippen molar-refractivity contribution in [1.29, 1.82) is 0 Å². The first kappa shape index (κ1) is 22.9. The standard InChI is InChI=1S/C19H27N3O6/c1-6-7-10-27-17(24)22-15(16(23)26-5)11-13-12-20-9-8-14(13)21-18(25)28-19(2,3)4/h8-9,11-12H,6-7,10H2,1-5H3,(H,22,24)(H,20,21,25). The van der Waals surface area contributed by atoms with Gasteiger partial charge in [-0.3, -0.25) is 15.6 Å². The summed E-state index contributed by atoms with van der Waals surface area (Å²) in [5.74, 6) is -0.778. The molecule has 2 amide bonds. The van der Waals surface area contributed by atoms with E-state index in [0.29, 0.717) is 17.7 Å². The summed E-state index contributed by atoms with van der Waals surface area (Å²) in [6.07, 6.45) is 4.33. The van der Waals surface area contributed by atoms with Crippen LogP contribution < -0.4 is 10.6 Å². The molecular formula is C19H27N3O6. The van der Waals surface area contributed by atoms with E-state index in [2.05, 4.69) is 20.4 Å². The average Bonchev–Trinajstić information content (AvgIpc) is 2.60. The van der Waals surface area contributed by atoms with E-state index in [-0.39, 0.29) is 12.3 Å². The number of esters is 1. The number of ether oxygens (including phenoxy) is 3. The zero-order valence-electron chi connectivity index (χ0n) is 16.8. The summed E-state index contributed by atoms with van der Waals surface area (Å²) in [7, 11) is 1.18. The number of nitrogens with zero attached hydrogens (tertiary/aromatic N) is 1. The van der Waals surface area contributed by atoms with Crippen LogP contribution in [-0.2, 0) is 19.0 Å². The number of anilines is 1. The zero-order valence-corrected chi connectivity index (χ0v) is 16.8. The summed E-state index contributed by atoms with van der Waals surface area (Å²) in [6, 6.07) is 1.53. The second kappa shape index (κ2) is 10.9. The van der Waals surface area contributed by atoms with Crippen molar-refractivity contribution in [3.05, 3.63) is 29.7 Å². The largest absolute Gasteiger partial charge is 0.464 e. The Morgan fingerprint density at radius 2 is 1.93 bits per heavy atom. The molecule has 0 unspecified atom stereocenters. The van der Waals surface area contributed by atoms with Gasteiger partial charge in [-0.05, 0) is 39.3 Å². The van der Waals surface area contributed by atoms with Crippen LogP contribution in [0.4, 0.5) is 15.3 Å². The molecule has 9 nitrogen and oxygen atoms in total. The van der Waals surface area contributed by atoms with Gasteiger partial charge in [-0.2, -0.15) is 0 Å². The van der Waals surface area contributed by atoms with Gasteiger partial charge in [-0.15, -0.1) is 0 Å². The molecule has 0 aliphatic heterocycles. The van der Waals surface area contributed by atoms with Gasteiger partial charge in [0.2, 0.25) is 0 Å². The number of aromatic nitrogens is 1. The second-order valence-electron chi connectivity index (χ2n) is 6.75. The minimum Gasteiger partial charge on any atom is -0.464 e. The topological polar surface area (TPSA) is 116 Å². The fraction of sp³-hybridized carbons (Fsp3) is 0.474. The van der Waals surface area contributed by atoms with Gasteiger partial charge >= 0.3 is 18.2 Å². The number of unbranched alkanes of at least 4 members (excludes halogenated alkanes) is 1. The highest BCUT2D eigenvalue weighted by Gasteiger charge is 2.19. The molecule has 0 radical (unpaired) electrons. The van der Waals surface area contributed by atoms with Crippen LogP contribution in [0.25, 0.3) is 6.08 Å². The predicted octanol–water partition coefficient (Wildman–Crippen LogP) is 3.47. The van der Waals surface area contributed by atoms with E-state index < -0.39 is 23.8 Å². The third-order valence-corrected chi connectivity index (χ3v) is 3.16. The van der Waals surface area contributed by atoms with E-state index >= 15 is 0 Å². The van der Waals surface area contributed by atoms with Crippen LogP contribution in [0, 0.1) is 0 Å². The Morgan fingerprint density at radius 1 is 1.21 bits per heavy atom. The number of amides is 2. The highest BCUT2D eigenvalue weighted by molar-refractivity contribution is 5.98. The van der Waals surface area contributed by atoms with Crippen molar-refractivity contribution in [2.75, 3.05) is 19.0 Å². The first-order chi connectivity index (χ1) is 13.2. The SMILES string of the molecule is CCCCOC(=O)NC(=Cc1cnccc1NC(=O)OC(C)(C)C)C(=O)OC. The van der Waals surface area contributed by atoms with Crippen LogP contribution in [0.3, 0.4) is 0 Å². The van der Waals surface area contributed by atoms with Crippen molar-refractivity contribution in [2.24, 2.45) is 0 Å². The van der Waals surface area contributed by atoms with Gasteiger partial charge in [0.1, 0.15) is 11.3 Å². The summed E-state index contributed by atoms with van der Waals surface area (Å²) in [5.41, 5.74) is -0.132. The van der Waals surface area contributed by atoms with Crippen molar-refractivity contribution in [3.8, 4) is 0 Å². The molecule has 0 aromatic carbocycles. The second-order valence-corrected chi connectivity index (χ2v) is 6.75. The quantitative estimate of drug-likeness (QED) is 0.315. The number of methoxy groups -OCH3 is 1. The lowest BCUT2D eigenvalue weighted by Crippen LogP contribution is -2.29. The van der Waals surface area contributed by atoms with Crippen LogP contribution in [0.2, 0.25) is 0 Å². The van der Waals surface area contributed by atoms with Crippen LogP contribution in [0.15, 0.2) is 24.2 Å². The molecule has 0 aliphatic rings. The van der Waals surface area contributed by atoms with Gasteiger partial charge < -0.3 is 14.2 Å². The molecule has 0 saturated carbocycles. The highest BCUT2D eigenvalue weighted by Crippen LogP contribution is 2.19. The van der Waals surface area contributed by atoms with Crippen molar-refractivity contribution < 1.29 is 28.6 Å². The number of rotatable bonds is 7. The lowest BCUT2D eigenvalue weighted by molar-refractivity contribution is -0.136. The maximum Gasteiger partial charge on any atom is 0.412 e. The van der Waals surface area contributed by atoms with Gasteiger partial charge in [0.25, 0.3) is 0 Å². The molecule has 0 bridgehead atoms. The Labute approximate surface area is 164 Å². The number of nitrogens with one attached hydrogen (secondary N) is 2. The molecule has 0 saturated heterocycles. The average molecular weight is 393 g/mol. The zero-order chi connectivity index (χ0) is 21.2. The number of alkyl carbamates (subject to hydrolysis) is 1. The molecule has 0 fully saturated rings. The van der Waals surface area contributed by atoms with E-state index in [1.54, 1.807) is 20.8 Å². The minimum absolute atomic E-state index is 0.163. The third-order valence-electron chi connectivity index (χ3n) is 3.16. The Morgan fingerprint density at radius 3 is 2.54 bits per heavy atom. The molecule has 154 valence electrons. The van der Waals surface area contributed by atoms with Gasteiger partial charge in [-0.25, -0.2) is 14.4 Å². The normalized spacial score (nSPS) is 11.4. The smallest absolute Gasteiger partial charge is 0.412 e. The molecule has 1 heterocycles. The number of hydrogen-bond acceptors (Lipinski definition) is 7. The van der Waals surface area contributed by atoms with Crippen molar-refractivity contribution in [2.45, 2.75) is 46.1 Å². The summed E-state index contributed by atoms with van der Waals surface area (Å²) in [4.78, 5) is 39.9. The minimum atomic E-state index is -0.782. The van der Waals surface area contributed by atoms with Crippen LogP contribution in [0.5, 0.6) is 0 Å². The summed E-state index contributed by atoms with van der Waals surface area (Å²) >= 11 is 0. The van der Waals surface area contributed by atoms with E-state index in [0.717, 1.165) is 6.42 Å². The van der Waals surface area contributed by atoms with Crippen LogP contribution in [-0.4, -0.2) is 42.5 Å². The van der Waals surface area contributed by atoms with E-state index in [9.17, 15) is 14.4 Å². The summed E-state index contributed by atoms with van der Waals surface area (Å²) in [5, 5.41) is 4.93. The monoisotopic (exact) mass is 393 g/mol. The number of hydrogen-bond donors (Lipinski definition) is 2. The first-order valence-corrected chi connectivity index (χ1v) is 8.84. The molecular weight excluding hydrogens is 366 g/mol. The lowest BCUT2D eigenvalue weighted by Gasteiger charge is -2.20. The van der Waals surface area contributed by atoms with E-state index in [4.69, 9.17) is 9.47 Å². The Hall–Kier alpha value is -3.10. The lowest BCUT2D eigenvalue weighted by atomic mass is 10.2. The van der Waals surface area contributed by atoms with E-state index in [1.165, 1.54) is 31.6 Å². The van der Waals surface area contributed by atoms with Crippen molar-refractivity contribution >= 4 is 29.9 Å². The molecule has 0 atom stereocenters. The van der Waals surface area contributed by atoms with Crippen molar-refractivity contribution in [3.63, 3.8) is 0 Å². The number of carbonyl (C=O) groups is 3. The first-order valence-electron chi connectivity index (χ1n) is 8.84. The van der Waals surface area contributed by atoms with Crippen LogP contribution >= 0.6 is 0 Å². The van der Waals surface area contributed by atoms with Crippen molar-refractivity contribution in [1.82, 2.24) is 10.3 Å². The molecule has 0 aliphatic carbocycles. The third kappa shape index (κ3) is 8.52. The Kier molecular flexibility index (Phi) is 8.94. The Bertz CT molecular complexity index is 725. The molecule has 1 rings (SSSR count). The summed E-state index contributed by atoms with van der Waals surface area (Å²) in [6.45, 7) is 7.41. The summed E-state index contributed by atoms with van der Waals surface area (Å²) < 4.78 is 14.9. The highest BCUT2D eigenvalue weighted by atomic mass is 16.6. The van der Waals surface area contributed by atoms with Gasteiger partial charge in [0.15, 0.2) is 0 Å². The predicted molar refractivity (Wildman–Crippen MR) is 103 cm³/mol. The molecule has 9 heteroatoms. The van der Waals surface area contributed by atoms with Gasteiger partial charge in [-0.1, -0.05) is 13.3 Å². The molecule has 0 spiro atoms. The maximum atomic E-state index is 12.0. The number of carbonyl (C=O) groups excluding carboxylic acids is 3. The van der Waals surface area contributed by atoms with Crippen LogP contribution in [0.1, 0.15) is 46.1 Å². The van der Waals surface area contributed by atoms with E-state index in [1.807, 2.05) is 6.92 Å². The van der Waals surface area contributed by atoms with Gasteiger partial charge in [0, 0.05) is 18.0 Å². The molecule has 28 heavy (non-hydrogen) atoms. The fourth-order valence-corrected chi connectivity index (χ4v) is 1.92. The fourth-order valence-electron chi connectivity index (χ4n) is 1.92. The molecule has 1 aromatic rings. The maximum absolute atomic E-state index is 12.0. The van der Waals surface area contributed by atoms with Gasteiger partial charge in [0.05, 0.1) is 19.4 Å². The molecule has 1 aromatic heterocycles.